The van der Waals surface area contributed by atoms with Gasteiger partial charge in [-0.15, -0.1) is 0 Å². The van der Waals surface area contributed by atoms with E-state index in [9.17, 15) is 9.59 Å². The van der Waals surface area contributed by atoms with E-state index in [1.54, 1.807) is 12.1 Å². The number of ether oxygens (including phenoxy) is 2. The van der Waals surface area contributed by atoms with Gasteiger partial charge in [0.2, 0.25) is 5.88 Å². The van der Waals surface area contributed by atoms with Crippen LogP contribution in [0.4, 0.5) is 0 Å². The van der Waals surface area contributed by atoms with Gasteiger partial charge in [-0.1, -0.05) is 0 Å². The van der Waals surface area contributed by atoms with Gasteiger partial charge in [0.05, 0.1) is 12.7 Å². The molecule has 1 saturated heterocycles. The molecule has 1 amide bonds. The minimum atomic E-state index is -0.275. The van der Waals surface area contributed by atoms with Crippen LogP contribution in [0.3, 0.4) is 0 Å². The Morgan fingerprint density at radius 3 is 2.95 bits per heavy atom. The number of thioether (sulfide) groups is 1. The summed E-state index contributed by atoms with van der Waals surface area (Å²) in [7, 11) is 1.35. The van der Waals surface area contributed by atoms with Crippen molar-refractivity contribution in [2.75, 3.05) is 25.2 Å². The molecular formula is C15H20N2O4S. The van der Waals surface area contributed by atoms with Gasteiger partial charge in [0, 0.05) is 31.0 Å². The number of hydrogen-bond donors (Lipinski definition) is 1. The van der Waals surface area contributed by atoms with Crippen LogP contribution in [-0.2, 0) is 9.53 Å². The molecule has 22 heavy (non-hydrogen) atoms. The second kappa shape index (κ2) is 8.63. The van der Waals surface area contributed by atoms with Crippen LogP contribution in [0.25, 0.3) is 0 Å². The van der Waals surface area contributed by atoms with Gasteiger partial charge in [-0.2, -0.15) is 11.8 Å². The van der Waals surface area contributed by atoms with Crippen molar-refractivity contribution in [1.82, 2.24) is 10.3 Å². The molecule has 1 fully saturated rings. The van der Waals surface area contributed by atoms with Crippen LogP contribution < -0.4 is 10.1 Å². The zero-order chi connectivity index (χ0) is 15.8. The average Bonchev–Trinajstić information content (AvgIpc) is 3.04. The summed E-state index contributed by atoms with van der Waals surface area (Å²) in [5.74, 6) is 2.18. The third-order valence-electron chi connectivity index (χ3n) is 3.24. The van der Waals surface area contributed by atoms with E-state index in [0.29, 0.717) is 30.8 Å². The fourth-order valence-corrected chi connectivity index (χ4v) is 3.09. The van der Waals surface area contributed by atoms with Crippen molar-refractivity contribution >= 4 is 23.6 Å². The smallest absolute Gasteiger partial charge is 0.305 e. The van der Waals surface area contributed by atoms with Gasteiger partial charge in [-0.25, -0.2) is 4.98 Å². The Hall–Kier alpha value is -1.76. The van der Waals surface area contributed by atoms with E-state index >= 15 is 0 Å². The van der Waals surface area contributed by atoms with Gasteiger partial charge in [-0.3, -0.25) is 9.59 Å². The van der Waals surface area contributed by atoms with Gasteiger partial charge in [0.15, 0.2) is 0 Å². The van der Waals surface area contributed by atoms with Crippen LogP contribution in [0, 0.1) is 0 Å². The zero-order valence-electron chi connectivity index (χ0n) is 12.5. The highest BCUT2D eigenvalue weighted by Crippen LogP contribution is 2.21. The van der Waals surface area contributed by atoms with Crippen LogP contribution in [0.2, 0.25) is 0 Å². The highest BCUT2D eigenvalue weighted by atomic mass is 32.2. The van der Waals surface area contributed by atoms with Crippen molar-refractivity contribution in [1.29, 1.82) is 0 Å². The predicted octanol–water partition coefficient (Wildman–Crippen LogP) is 1.65. The third-order valence-corrected chi connectivity index (χ3v) is 4.38. The second-order valence-electron chi connectivity index (χ2n) is 4.92. The molecule has 0 aliphatic carbocycles. The Morgan fingerprint density at radius 2 is 2.32 bits per heavy atom. The lowest BCUT2D eigenvalue weighted by atomic mass is 10.2. The highest BCUT2D eigenvalue weighted by molar-refractivity contribution is 7.99. The topological polar surface area (TPSA) is 77.5 Å². The van der Waals surface area contributed by atoms with Crippen molar-refractivity contribution in [3.8, 4) is 5.88 Å². The Labute approximate surface area is 134 Å². The van der Waals surface area contributed by atoms with E-state index in [2.05, 4.69) is 15.0 Å². The first-order valence-electron chi connectivity index (χ1n) is 7.24. The molecule has 0 radical (unpaired) electrons. The number of amides is 1. The van der Waals surface area contributed by atoms with Gasteiger partial charge in [0.25, 0.3) is 5.91 Å². The maximum atomic E-state index is 11.9. The Bertz CT molecular complexity index is 501. The van der Waals surface area contributed by atoms with Crippen molar-refractivity contribution < 1.29 is 19.1 Å². The zero-order valence-corrected chi connectivity index (χ0v) is 13.4. The molecule has 120 valence electrons. The van der Waals surface area contributed by atoms with Gasteiger partial charge in [-0.05, 0) is 24.7 Å². The van der Waals surface area contributed by atoms with E-state index in [4.69, 9.17) is 4.74 Å². The summed E-state index contributed by atoms with van der Waals surface area (Å²) in [6, 6.07) is 3.41. The molecule has 0 saturated carbocycles. The van der Waals surface area contributed by atoms with Crippen molar-refractivity contribution in [3.63, 3.8) is 0 Å². The standard InChI is InChI=1S/C15H20N2O4S/c1-20-14(18)3-2-7-16-15(19)11-4-5-13(17-9-11)21-12-6-8-22-10-12/h4-5,9,12H,2-3,6-8,10H2,1H3,(H,16,19)/t12-/m1/s1. The largest absolute Gasteiger partial charge is 0.473 e. The molecule has 1 atom stereocenters. The molecule has 2 heterocycles. The molecule has 7 heteroatoms. The lowest BCUT2D eigenvalue weighted by Gasteiger charge is -2.11. The van der Waals surface area contributed by atoms with E-state index in [1.165, 1.54) is 13.3 Å². The number of carbonyl (C=O) groups is 2. The number of esters is 1. The first kappa shape index (κ1) is 16.6. The second-order valence-corrected chi connectivity index (χ2v) is 6.07. The summed E-state index contributed by atoms with van der Waals surface area (Å²) >= 11 is 1.87. The number of pyridine rings is 1. The minimum absolute atomic E-state index is 0.208. The van der Waals surface area contributed by atoms with E-state index < -0.39 is 0 Å². The Balaban J connectivity index is 1.74. The molecule has 1 aromatic rings. The van der Waals surface area contributed by atoms with Crippen molar-refractivity contribution in [2.24, 2.45) is 0 Å². The fourth-order valence-electron chi connectivity index (χ4n) is 2.00. The SMILES string of the molecule is COC(=O)CCCNC(=O)c1ccc(O[C@@H]2CCSC2)nc1. The van der Waals surface area contributed by atoms with Crippen LogP contribution in [0.5, 0.6) is 5.88 Å². The average molecular weight is 324 g/mol. The number of aromatic nitrogens is 1. The summed E-state index contributed by atoms with van der Waals surface area (Å²) in [5.41, 5.74) is 0.478. The lowest BCUT2D eigenvalue weighted by Crippen LogP contribution is -2.25. The lowest BCUT2D eigenvalue weighted by molar-refractivity contribution is -0.140. The van der Waals surface area contributed by atoms with E-state index in [-0.39, 0.29) is 18.0 Å². The summed E-state index contributed by atoms with van der Waals surface area (Å²) in [6.45, 7) is 0.422. The van der Waals surface area contributed by atoms with E-state index in [1.807, 2.05) is 11.8 Å². The molecule has 1 N–H and O–H groups in total. The van der Waals surface area contributed by atoms with Gasteiger partial charge >= 0.3 is 5.97 Å². The Kier molecular flexibility index (Phi) is 6.51. The maximum absolute atomic E-state index is 11.9. The summed E-state index contributed by atoms with van der Waals surface area (Å²) in [6.07, 6.45) is 3.60. The molecule has 6 nitrogen and oxygen atoms in total. The molecule has 2 rings (SSSR count). The molecule has 1 aliphatic rings. The minimum Gasteiger partial charge on any atom is -0.473 e. The Morgan fingerprint density at radius 1 is 1.45 bits per heavy atom. The van der Waals surface area contributed by atoms with Crippen LogP contribution in [0.15, 0.2) is 18.3 Å². The van der Waals surface area contributed by atoms with Crippen LogP contribution in [0.1, 0.15) is 29.6 Å². The van der Waals surface area contributed by atoms with Gasteiger partial charge < -0.3 is 14.8 Å². The van der Waals surface area contributed by atoms with Crippen molar-refractivity contribution in [2.45, 2.75) is 25.4 Å². The number of methoxy groups -OCH3 is 1. The normalized spacial score (nSPS) is 17.0. The molecule has 0 unspecified atom stereocenters. The van der Waals surface area contributed by atoms with Crippen LogP contribution >= 0.6 is 11.8 Å². The highest BCUT2D eigenvalue weighted by Gasteiger charge is 2.17. The fraction of sp³-hybridized carbons (Fsp3) is 0.533. The summed E-state index contributed by atoms with van der Waals surface area (Å²) in [4.78, 5) is 27.0. The number of hydrogen-bond acceptors (Lipinski definition) is 6. The molecular weight excluding hydrogens is 304 g/mol. The van der Waals surface area contributed by atoms with E-state index in [0.717, 1.165) is 17.9 Å². The quantitative estimate of drug-likeness (QED) is 0.607. The maximum Gasteiger partial charge on any atom is 0.305 e. The molecule has 1 aliphatic heterocycles. The third kappa shape index (κ3) is 5.22. The monoisotopic (exact) mass is 324 g/mol. The van der Waals surface area contributed by atoms with Crippen LogP contribution in [-0.4, -0.2) is 48.1 Å². The molecule has 0 aromatic carbocycles. The molecule has 1 aromatic heterocycles. The predicted molar refractivity (Wildman–Crippen MR) is 84.2 cm³/mol. The molecule has 0 bridgehead atoms. The first-order valence-corrected chi connectivity index (χ1v) is 8.40. The molecule has 0 spiro atoms. The number of carbonyl (C=O) groups excluding carboxylic acids is 2. The number of rotatable bonds is 7. The van der Waals surface area contributed by atoms with Gasteiger partial charge in [0.1, 0.15) is 6.10 Å². The first-order chi connectivity index (χ1) is 10.7. The summed E-state index contributed by atoms with van der Waals surface area (Å²) < 4.78 is 10.3. The van der Waals surface area contributed by atoms with Crippen molar-refractivity contribution in [3.05, 3.63) is 23.9 Å². The number of nitrogens with one attached hydrogen (secondary N) is 1. The summed E-state index contributed by atoms with van der Waals surface area (Å²) in [5, 5.41) is 2.74. The number of nitrogens with zero attached hydrogens (tertiary/aromatic N) is 1.